The van der Waals surface area contributed by atoms with E-state index < -0.39 is 0 Å². The molecule has 0 aliphatic carbocycles. The first kappa shape index (κ1) is 32.7. The van der Waals surface area contributed by atoms with Gasteiger partial charge in [-0.05, 0) is 74.0 Å². The Hall–Kier alpha value is -3.86. The molecule has 0 saturated heterocycles. The predicted octanol–water partition coefficient (Wildman–Crippen LogP) is 9.96. The van der Waals surface area contributed by atoms with Crippen molar-refractivity contribution >= 4 is 44.8 Å². The number of hydrogen-bond donors (Lipinski definition) is 1. The van der Waals surface area contributed by atoms with Crippen LogP contribution in [0.2, 0.25) is 5.02 Å². The lowest BCUT2D eigenvalue weighted by atomic mass is 10.1. The number of benzene rings is 4. The molecule has 0 amide bonds. The Morgan fingerprint density at radius 3 is 2.02 bits per heavy atom. The number of aromatic nitrogens is 1. The standard InChI is InChI=1S/C31H31ClN4.C4H8.C2H6/c1-35(2)26-14-11-22(12-15-26)20-36(3)21-24-8-6-7-23(17-24)19-33-31-27-9-4-5-10-29(27)34-30-18-25(32)13-16-28(30)31;1-3-4-2;1-2/h4-18H,19-21H2,1-3H3,(H,33,34);3-4H,1-2H3;1-2H3/b;4-3-;. The normalized spacial score (nSPS) is 10.8. The minimum absolute atomic E-state index is 0.696. The largest absolute Gasteiger partial charge is 0.380 e. The van der Waals surface area contributed by atoms with Gasteiger partial charge in [0.25, 0.3) is 0 Å². The third kappa shape index (κ3) is 9.07. The number of allylic oxidation sites excluding steroid dienone is 2. The quantitative estimate of drug-likeness (QED) is 0.146. The van der Waals surface area contributed by atoms with Crippen LogP contribution >= 0.6 is 11.6 Å². The molecule has 0 atom stereocenters. The van der Waals surface area contributed by atoms with Crippen molar-refractivity contribution in [2.24, 2.45) is 0 Å². The van der Waals surface area contributed by atoms with Gasteiger partial charge in [0.1, 0.15) is 0 Å². The Kier molecular flexibility index (Phi) is 12.9. The summed E-state index contributed by atoms with van der Waals surface area (Å²) in [5, 5.41) is 6.59. The molecular weight excluding hydrogens is 536 g/mol. The number of halogens is 1. The average Bonchev–Trinajstić information content (AvgIpc) is 3.00. The maximum atomic E-state index is 6.26. The van der Waals surface area contributed by atoms with Crippen molar-refractivity contribution in [3.05, 3.63) is 125 Å². The molecule has 5 rings (SSSR count). The number of anilines is 2. The van der Waals surface area contributed by atoms with Crippen molar-refractivity contribution in [3.63, 3.8) is 0 Å². The molecule has 42 heavy (non-hydrogen) atoms. The van der Waals surface area contributed by atoms with Crippen molar-refractivity contribution < 1.29 is 0 Å². The molecule has 0 aliphatic rings. The molecule has 0 fully saturated rings. The fourth-order valence-corrected chi connectivity index (χ4v) is 4.83. The van der Waals surface area contributed by atoms with Crippen molar-refractivity contribution in [2.45, 2.75) is 47.3 Å². The summed E-state index contributed by atoms with van der Waals surface area (Å²) in [4.78, 5) is 9.29. The van der Waals surface area contributed by atoms with Gasteiger partial charge < -0.3 is 10.2 Å². The van der Waals surface area contributed by atoms with Crippen LogP contribution in [0.1, 0.15) is 44.4 Å². The van der Waals surface area contributed by atoms with Gasteiger partial charge in [-0.25, -0.2) is 4.98 Å². The van der Waals surface area contributed by atoms with Crippen LogP contribution in [0.5, 0.6) is 0 Å². The second-order valence-electron chi connectivity index (χ2n) is 10.2. The molecular formula is C37H45ClN4. The van der Waals surface area contributed by atoms with Gasteiger partial charge in [0.05, 0.1) is 16.7 Å². The van der Waals surface area contributed by atoms with Gasteiger partial charge in [-0.2, -0.15) is 0 Å². The highest BCUT2D eigenvalue weighted by Crippen LogP contribution is 2.32. The Morgan fingerprint density at radius 2 is 1.33 bits per heavy atom. The lowest BCUT2D eigenvalue weighted by Crippen LogP contribution is -2.17. The zero-order valence-electron chi connectivity index (χ0n) is 26.2. The Morgan fingerprint density at radius 1 is 0.690 bits per heavy atom. The highest BCUT2D eigenvalue weighted by atomic mass is 35.5. The zero-order chi connectivity index (χ0) is 30.5. The Bertz CT molecular complexity index is 1570. The minimum atomic E-state index is 0.696. The molecule has 1 heterocycles. The van der Waals surface area contributed by atoms with E-state index in [9.17, 15) is 0 Å². The summed E-state index contributed by atoms with van der Waals surface area (Å²) in [5.74, 6) is 0. The third-order valence-electron chi connectivity index (χ3n) is 6.80. The first-order chi connectivity index (χ1) is 20.4. The van der Waals surface area contributed by atoms with Crippen LogP contribution in [-0.4, -0.2) is 31.0 Å². The SMILES string of the molecule is C/C=C\C.CC.CN(Cc1ccc(N(C)C)cc1)Cc1cccc(CNc2c3ccccc3nc3cc(Cl)ccc23)c1. The number of nitrogens with zero attached hydrogens (tertiary/aromatic N) is 3. The number of rotatable bonds is 8. The van der Waals surface area contributed by atoms with E-state index in [1.54, 1.807) is 0 Å². The van der Waals surface area contributed by atoms with Crippen LogP contribution in [0.3, 0.4) is 0 Å². The van der Waals surface area contributed by atoms with E-state index in [2.05, 4.69) is 103 Å². The summed E-state index contributed by atoms with van der Waals surface area (Å²) in [7, 11) is 6.31. The fraction of sp³-hybridized carbons (Fsp3) is 0.270. The van der Waals surface area contributed by atoms with Gasteiger partial charge in [0.15, 0.2) is 0 Å². The van der Waals surface area contributed by atoms with Crippen LogP contribution < -0.4 is 10.2 Å². The van der Waals surface area contributed by atoms with E-state index in [4.69, 9.17) is 16.6 Å². The minimum Gasteiger partial charge on any atom is -0.380 e. The molecule has 5 aromatic rings. The van der Waals surface area contributed by atoms with Crippen molar-refractivity contribution in [3.8, 4) is 0 Å². The van der Waals surface area contributed by atoms with Gasteiger partial charge in [-0.15, -0.1) is 0 Å². The molecule has 0 spiro atoms. The maximum Gasteiger partial charge on any atom is 0.0745 e. The lowest BCUT2D eigenvalue weighted by molar-refractivity contribution is 0.319. The fourth-order valence-electron chi connectivity index (χ4n) is 4.66. The van der Waals surface area contributed by atoms with E-state index >= 15 is 0 Å². The smallest absolute Gasteiger partial charge is 0.0745 e. The second-order valence-corrected chi connectivity index (χ2v) is 10.7. The van der Waals surface area contributed by atoms with Gasteiger partial charge >= 0.3 is 0 Å². The topological polar surface area (TPSA) is 31.4 Å². The van der Waals surface area contributed by atoms with E-state index in [0.717, 1.165) is 47.1 Å². The summed E-state index contributed by atoms with van der Waals surface area (Å²) in [6.07, 6.45) is 4.00. The molecule has 220 valence electrons. The molecule has 4 aromatic carbocycles. The number of hydrogen-bond acceptors (Lipinski definition) is 4. The molecule has 0 radical (unpaired) electrons. The third-order valence-corrected chi connectivity index (χ3v) is 7.03. The van der Waals surface area contributed by atoms with Crippen LogP contribution in [0.25, 0.3) is 21.8 Å². The monoisotopic (exact) mass is 580 g/mol. The first-order valence-electron chi connectivity index (χ1n) is 14.7. The molecule has 4 nitrogen and oxygen atoms in total. The maximum absolute atomic E-state index is 6.26. The summed E-state index contributed by atoms with van der Waals surface area (Å²) in [6, 6.07) is 31.7. The second kappa shape index (κ2) is 16.5. The van der Waals surface area contributed by atoms with E-state index in [-0.39, 0.29) is 0 Å². The van der Waals surface area contributed by atoms with Crippen LogP contribution in [0, 0.1) is 0 Å². The molecule has 0 aliphatic heterocycles. The Labute approximate surface area is 257 Å². The van der Waals surface area contributed by atoms with Gasteiger partial charge in [-0.1, -0.05) is 92.2 Å². The predicted molar refractivity (Wildman–Crippen MR) is 186 cm³/mol. The van der Waals surface area contributed by atoms with E-state index in [1.165, 1.54) is 22.4 Å². The number of nitrogens with one attached hydrogen (secondary N) is 1. The van der Waals surface area contributed by atoms with Crippen LogP contribution in [0.4, 0.5) is 11.4 Å². The Balaban J connectivity index is 0.000000745. The molecule has 1 N–H and O–H groups in total. The summed E-state index contributed by atoms with van der Waals surface area (Å²) in [5.41, 5.74) is 8.05. The first-order valence-corrected chi connectivity index (χ1v) is 15.1. The zero-order valence-corrected chi connectivity index (χ0v) is 26.9. The van der Waals surface area contributed by atoms with Crippen molar-refractivity contribution in [2.75, 3.05) is 31.4 Å². The van der Waals surface area contributed by atoms with Crippen LogP contribution in [0.15, 0.2) is 103 Å². The number of pyridine rings is 1. The van der Waals surface area contributed by atoms with Gasteiger partial charge in [0.2, 0.25) is 0 Å². The summed E-state index contributed by atoms with van der Waals surface area (Å²) >= 11 is 6.26. The molecule has 5 heteroatoms. The van der Waals surface area contributed by atoms with E-state index in [0.29, 0.717) is 5.02 Å². The lowest BCUT2D eigenvalue weighted by Gasteiger charge is -2.19. The van der Waals surface area contributed by atoms with Crippen molar-refractivity contribution in [1.82, 2.24) is 9.88 Å². The van der Waals surface area contributed by atoms with Crippen LogP contribution in [-0.2, 0) is 19.6 Å². The molecule has 1 aromatic heterocycles. The van der Waals surface area contributed by atoms with E-state index in [1.807, 2.05) is 64.1 Å². The summed E-state index contributed by atoms with van der Waals surface area (Å²) in [6.45, 7) is 10.5. The van der Waals surface area contributed by atoms with Gasteiger partial charge in [0, 0.05) is 55.2 Å². The van der Waals surface area contributed by atoms with Crippen molar-refractivity contribution in [1.29, 1.82) is 0 Å². The van der Waals surface area contributed by atoms with Gasteiger partial charge in [-0.3, -0.25) is 4.90 Å². The number of fused-ring (bicyclic) bond motifs is 2. The molecule has 0 unspecified atom stereocenters. The highest BCUT2D eigenvalue weighted by Gasteiger charge is 2.10. The molecule has 0 bridgehead atoms. The number of para-hydroxylation sites is 1. The average molecular weight is 581 g/mol. The molecule has 0 saturated carbocycles. The summed E-state index contributed by atoms with van der Waals surface area (Å²) < 4.78 is 0. The highest BCUT2D eigenvalue weighted by molar-refractivity contribution is 6.31.